The van der Waals surface area contributed by atoms with Crippen LogP contribution in [0.5, 0.6) is 0 Å². The third kappa shape index (κ3) is 4.52. The fourth-order valence-corrected chi connectivity index (χ4v) is 1.71. The minimum atomic E-state index is -0.908. The molecule has 0 fully saturated rings. The van der Waals surface area contributed by atoms with Gasteiger partial charge in [-0.3, -0.25) is 9.59 Å². The van der Waals surface area contributed by atoms with Gasteiger partial charge >= 0.3 is 11.8 Å². The summed E-state index contributed by atoms with van der Waals surface area (Å²) in [4.78, 5) is 23.2. The van der Waals surface area contributed by atoms with Crippen LogP contribution >= 0.6 is 0 Å². The Morgan fingerprint density at radius 1 is 1.09 bits per heavy atom. The quantitative estimate of drug-likeness (QED) is 0.518. The summed E-state index contributed by atoms with van der Waals surface area (Å²) in [5.41, 5.74) is 4.04. The Hall–Kier alpha value is -3.02. The molecule has 6 heteroatoms. The largest absolute Gasteiger partial charge is 0.329 e. The predicted octanol–water partition coefficient (Wildman–Crippen LogP) is 2.22. The number of halogens is 1. The third-order valence-electron chi connectivity index (χ3n) is 2.71. The van der Waals surface area contributed by atoms with Gasteiger partial charge in [0.2, 0.25) is 0 Å². The van der Waals surface area contributed by atoms with Crippen molar-refractivity contribution in [3.8, 4) is 0 Å². The van der Waals surface area contributed by atoms with Crippen molar-refractivity contribution in [3.63, 3.8) is 0 Å². The van der Waals surface area contributed by atoms with Crippen LogP contribution < -0.4 is 10.7 Å². The first-order valence-corrected chi connectivity index (χ1v) is 6.51. The van der Waals surface area contributed by atoms with Crippen LogP contribution in [-0.2, 0) is 9.59 Å². The fraction of sp³-hybridized carbons (Fsp3) is 0.0625. The predicted molar refractivity (Wildman–Crippen MR) is 81.9 cm³/mol. The maximum atomic E-state index is 12.9. The molecule has 22 heavy (non-hydrogen) atoms. The highest BCUT2D eigenvalue weighted by Gasteiger charge is 2.12. The van der Waals surface area contributed by atoms with Crippen molar-refractivity contribution in [2.75, 3.05) is 5.32 Å². The van der Waals surface area contributed by atoms with E-state index in [4.69, 9.17) is 0 Å². The second-order valence-corrected chi connectivity index (χ2v) is 4.58. The number of carbonyl (C=O) groups is 2. The number of benzene rings is 2. The highest BCUT2D eigenvalue weighted by molar-refractivity contribution is 6.39. The number of hydrazone groups is 1. The smallest absolute Gasteiger partial charge is 0.318 e. The van der Waals surface area contributed by atoms with Crippen molar-refractivity contribution in [1.82, 2.24) is 5.43 Å². The van der Waals surface area contributed by atoms with E-state index in [1.807, 2.05) is 13.0 Å². The summed E-state index contributed by atoms with van der Waals surface area (Å²) in [6.07, 6.45) is 1.25. The maximum absolute atomic E-state index is 12.9. The van der Waals surface area contributed by atoms with Crippen molar-refractivity contribution in [3.05, 3.63) is 65.5 Å². The lowest BCUT2D eigenvalue weighted by Gasteiger charge is -2.04. The van der Waals surface area contributed by atoms with Crippen LogP contribution in [0.4, 0.5) is 10.1 Å². The molecule has 0 aromatic heterocycles. The summed E-state index contributed by atoms with van der Waals surface area (Å²) in [5.74, 6) is -2.15. The van der Waals surface area contributed by atoms with Crippen LogP contribution in [0.15, 0.2) is 53.6 Å². The summed E-state index contributed by atoms with van der Waals surface area (Å²) in [5, 5.41) is 6.07. The van der Waals surface area contributed by atoms with E-state index in [1.54, 1.807) is 24.3 Å². The highest BCUT2D eigenvalue weighted by atomic mass is 19.1. The van der Waals surface area contributed by atoms with Gasteiger partial charge in [-0.25, -0.2) is 9.82 Å². The zero-order valence-corrected chi connectivity index (χ0v) is 11.8. The molecule has 112 valence electrons. The Labute approximate surface area is 126 Å². The van der Waals surface area contributed by atoms with Gasteiger partial charge in [0.15, 0.2) is 0 Å². The lowest BCUT2D eigenvalue weighted by atomic mass is 10.2. The molecule has 0 aliphatic rings. The standard InChI is InChI=1S/C16H14FN3O2/c1-11-4-2-7-14(8-11)19-15(21)16(22)20-18-10-12-5-3-6-13(17)9-12/h2-10H,1H3,(H,19,21)(H,20,22). The fourth-order valence-electron chi connectivity index (χ4n) is 1.71. The van der Waals surface area contributed by atoms with Gasteiger partial charge in [0.05, 0.1) is 6.21 Å². The lowest BCUT2D eigenvalue weighted by molar-refractivity contribution is -0.136. The van der Waals surface area contributed by atoms with Crippen molar-refractivity contribution < 1.29 is 14.0 Å². The minimum Gasteiger partial charge on any atom is -0.318 e. The van der Waals surface area contributed by atoms with E-state index in [-0.39, 0.29) is 0 Å². The molecule has 0 bridgehead atoms. The number of hydrogen-bond donors (Lipinski definition) is 2. The summed E-state index contributed by atoms with van der Waals surface area (Å²) >= 11 is 0. The molecule has 0 saturated heterocycles. The molecule has 0 atom stereocenters. The van der Waals surface area contributed by atoms with Crippen LogP contribution in [0, 0.1) is 12.7 Å². The Morgan fingerprint density at radius 2 is 1.86 bits per heavy atom. The van der Waals surface area contributed by atoms with Crippen LogP contribution in [0.2, 0.25) is 0 Å². The van der Waals surface area contributed by atoms with Gasteiger partial charge in [-0.05, 0) is 42.3 Å². The summed E-state index contributed by atoms with van der Waals surface area (Å²) in [6.45, 7) is 1.87. The molecule has 0 radical (unpaired) electrons. The second-order valence-electron chi connectivity index (χ2n) is 4.58. The molecule has 0 saturated carbocycles. The number of anilines is 1. The molecule has 2 N–H and O–H groups in total. The molecule has 2 rings (SSSR count). The highest BCUT2D eigenvalue weighted by Crippen LogP contribution is 2.09. The Morgan fingerprint density at radius 3 is 2.59 bits per heavy atom. The van der Waals surface area contributed by atoms with E-state index in [9.17, 15) is 14.0 Å². The normalized spacial score (nSPS) is 10.5. The number of nitrogens with one attached hydrogen (secondary N) is 2. The van der Waals surface area contributed by atoms with E-state index in [2.05, 4.69) is 15.8 Å². The van der Waals surface area contributed by atoms with Crippen LogP contribution in [0.1, 0.15) is 11.1 Å². The number of amides is 2. The molecule has 0 heterocycles. The zero-order valence-electron chi connectivity index (χ0n) is 11.8. The molecule has 0 aliphatic heterocycles. The lowest BCUT2D eigenvalue weighted by Crippen LogP contribution is -2.32. The minimum absolute atomic E-state index is 0.410. The first-order valence-electron chi connectivity index (χ1n) is 6.51. The molecule has 2 aromatic carbocycles. The van der Waals surface area contributed by atoms with Gasteiger partial charge in [-0.15, -0.1) is 0 Å². The van der Waals surface area contributed by atoms with E-state index in [0.717, 1.165) is 5.56 Å². The number of nitrogens with zero attached hydrogens (tertiary/aromatic N) is 1. The van der Waals surface area contributed by atoms with Crippen molar-refractivity contribution in [1.29, 1.82) is 0 Å². The first kappa shape index (κ1) is 15.4. The van der Waals surface area contributed by atoms with E-state index >= 15 is 0 Å². The number of aryl methyl sites for hydroxylation is 1. The van der Waals surface area contributed by atoms with Gasteiger partial charge in [-0.1, -0.05) is 24.3 Å². The van der Waals surface area contributed by atoms with E-state index in [1.165, 1.54) is 24.4 Å². The number of carbonyl (C=O) groups excluding carboxylic acids is 2. The monoisotopic (exact) mass is 299 g/mol. The van der Waals surface area contributed by atoms with Crippen LogP contribution in [0.25, 0.3) is 0 Å². The van der Waals surface area contributed by atoms with Gasteiger partial charge in [0.1, 0.15) is 5.82 Å². The first-order chi connectivity index (χ1) is 10.5. The molecule has 0 aliphatic carbocycles. The van der Waals surface area contributed by atoms with E-state index < -0.39 is 17.6 Å². The van der Waals surface area contributed by atoms with Gasteiger partial charge in [0, 0.05) is 5.69 Å². The van der Waals surface area contributed by atoms with Crippen molar-refractivity contribution in [2.45, 2.75) is 6.92 Å². The molecule has 0 spiro atoms. The average Bonchev–Trinajstić information content (AvgIpc) is 2.47. The SMILES string of the molecule is Cc1cccc(NC(=O)C(=O)NN=Cc2cccc(F)c2)c1. The van der Waals surface area contributed by atoms with Crippen LogP contribution in [-0.4, -0.2) is 18.0 Å². The molecule has 5 nitrogen and oxygen atoms in total. The zero-order chi connectivity index (χ0) is 15.9. The van der Waals surface area contributed by atoms with Crippen molar-refractivity contribution >= 4 is 23.7 Å². The molecular weight excluding hydrogens is 285 g/mol. The maximum Gasteiger partial charge on any atom is 0.329 e. The topological polar surface area (TPSA) is 70.6 Å². The molecule has 2 amide bonds. The molecule has 0 unspecified atom stereocenters. The Bertz CT molecular complexity index is 729. The Kier molecular flexibility index (Phi) is 4.98. The number of rotatable bonds is 3. The van der Waals surface area contributed by atoms with E-state index in [0.29, 0.717) is 11.3 Å². The third-order valence-corrected chi connectivity index (χ3v) is 2.71. The molecular formula is C16H14FN3O2. The molecule has 2 aromatic rings. The van der Waals surface area contributed by atoms with Gasteiger partial charge < -0.3 is 5.32 Å². The van der Waals surface area contributed by atoms with Gasteiger partial charge in [0.25, 0.3) is 0 Å². The Balaban J connectivity index is 1.90. The van der Waals surface area contributed by atoms with Gasteiger partial charge in [-0.2, -0.15) is 5.10 Å². The summed E-state index contributed by atoms with van der Waals surface area (Å²) in [6, 6.07) is 12.7. The van der Waals surface area contributed by atoms with Crippen LogP contribution in [0.3, 0.4) is 0 Å². The summed E-state index contributed by atoms with van der Waals surface area (Å²) < 4.78 is 12.9. The second kappa shape index (κ2) is 7.12. The summed E-state index contributed by atoms with van der Waals surface area (Å²) in [7, 11) is 0. The number of hydrogen-bond acceptors (Lipinski definition) is 3. The van der Waals surface area contributed by atoms with Crippen molar-refractivity contribution in [2.24, 2.45) is 5.10 Å². The average molecular weight is 299 g/mol.